The molecule has 0 saturated heterocycles. The van der Waals surface area contributed by atoms with Gasteiger partial charge in [-0.3, -0.25) is 33.9 Å². The molecule has 11 nitrogen and oxygen atoms in total. The Morgan fingerprint density at radius 1 is 1.07 bits per heavy atom. The summed E-state index contributed by atoms with van der Waals surface area (Å²) in [5, 5.41) is 3.35. The standard InChI is InChI=1S/C34H37N5O6/c1-18-14-21-16-23(20-12-13-36-19(2)15-20)25(17-27(21)38(6)31(18)42)37-24-9-7-8-22-29(24)33(44)39(32(22)43)26(30(35)41)10-11-28(40)45-34(3,4)5/h7-9,12-13,15-18,26,37H,10-11,14H2,1-6H3,(H2,35,41)/t18-,26-/m0/s1. The Morgan fingerprint density at radius 2 is 1.80 bits per heavy atom. The zero-order chi connectivity index (χ0) is 32.8. The number of aromatic nitrogens is 1. The maximum atomic E-state index is 13.9. The van der Waals surface area contributed by atoms with Crippen molar-refractivity contribution >= 4 is 46.7 Å². The van der Waals surface area contributed by atoms with Crippen molar-refractivity contribution < 1.29 is 28.7 Å². The van der Waals surface area contributed by atoms with E-state index in [-0.39, 0.29) is 35.8 Å². The van der Waals surface area contributed by atoms with E-state index in [2.05, 4.69) is 10.3 Å². The number of nitrogens with two attached hydrogens (primary N) is 1. The Labute approximate surface area is 261 Å². The van der Waals surface area contributed by atoms with Crippen molar-refractivity contribution in [2.45, 2.75) is 65.5 Å². The first-order valence-corrected chi connectivity index (χ1v) is 14.8. The summed E-state index contributed by atoms with van der Waals surface area (Å²) in [5.74, 6) is -3.03. The van der Waals surface area contributed by atoms with Crippen molar-refractivity contribution in [1.29, 1.82) is 0 Å². The third-order valence-electron chi connectivity index (χ3n) is 7.96. The van der Waals surface area contributed by atoms with Gasteiger partial charge in [-0.05, 0) is 88.1 Å². The molecule has 0 spiro atoms. The van der Waals surface area contributed by atoms with Crippen LogP contribution < -0.4 is 16.0 Å². The number of carbonyl (C=O) groups excluding carboxylic acids is 5. The van der Waals surface area contributed by atoms with Gasteiger partial charge in [0.1, 0.15) is 11.6 Å². The fraction of sp³-hybridized carbons (Fsp3) is 0.353. The maximum Gasteiger partial charge on any atom is 0.306 e. The molecule has 3 heterocycles. The van der Waals surface area contributed by atoms with Gasteiger partial charge in [0, 0.05) is 48.2 Å². The molecule has 0 fully saturated rings. The number of nitrogens with one attached hydrogen (secondary N) is 1. The number of benzene rings is 2. The van der Waals surface area contributed by atoms with Gasteiger partial charge in [0.15, 0.2) is 0 Å². The number of aryl methyl sites for hydroxylation is 1. The first-order chi connectivity index (χ1) is 21.2. The SMILES string of the molecule is Cc1cc(-c2cc3c(cc2Nc2cccc4c2C(=O)N([C@@H](CCC(=O)OC(C)(C)C)C(N)=O)C4=O)N(C)C(=O)[C@@H](C)C3)ccn1. The van der Waals surface area contributed by atoms with E-state index in [0.29, 0.717) is 17.8 Å². The van der Waals surface area contributed by atoms with Crippen LogP contribution in [0.25, 0.3) is 11.1 Å². The first kappa shape index (κ1) is 31.4. The Balaban J connectivity index is 1.53. The van der Waals surface area contributed by atoms with E-state index in [0.717, 1.165) is 33.0 Å². The van der Waals surface area contributed by atoms with Crippen LogP contribution in [0, 0.1) is 12.8 Å². The number of hydrogen-bond acceptors (Lipinski definition) is 8. The number of hydrogen-bond donors (Lipinski definition) is 2. The summed E-state index contributed by atoms with van der Waals surface area (Å²) < 4.78 is 5.33. The number of carbonyl (C=O) groups is 5. The number of imide groups is 1. The molecule has 5 rings (SSSR count). The molecule has 2 atom stereocenters. The smallest absolute Gasteiger partial charge is 0.306 e. The Kier molecular flexibility index (Phi) is 8.22. The van der Waals surface area contributed by atoms with E-state index in [1.165, 1.54) is 6.07 Å². The van der Waals surface area contributed by atoms with Crippen molar-refractivity contribution in [2.24, 2.45) is 11.7 Å². The Bertz CT molecular complexity index is 1740. The number of primary amides is 1. The number of rotatable bonds is 8. The summed E-state index contributed by atoms with van der Waals surface area (Å²) >= 11 is 0. The van der Waals surface area contributed by atoms with Gasteiger partial charge in [-0.15, -0.1) is 0 Å². The molecule has 0 unspecified atom stereocenters. The number of pyridine rings is 1. The summed E-state index contributed by atoms with van der Waals surface area (Å²) in [6.45, 7) is 8.95. The molecular formula is C34H37N5O6. The van der Waals surface area contributed by atoms with Gasteiger partial charge in [0.2, 0.25) is 11.8 Å². The van der Waals surface area contributed by atoms with Crippen molar-refractivity contribution in [1.82, 2.24) is 9.88 Å². The van der Waals surface area contributed by atoms with Crippen LogP contribution >= 0.6 is 0 Å². The fourth-order valence-electron chi connectivity index (χ4n) is 5.91. The highest BCUT2D eigenvalue weighted by Crippen LogP contribution is 2.41. The van der Waals surface area contributed by atoms with Gasteiger partial charge in [0.25, 0.3) is 11.8 Å². The second kappa shape index (κ2) is 11.8. The maximum absolute atomic E-state index is 13.9. The van der Waals surface area contributed by atoms with E-state index in [1.54, 1.807) is 51.0 Å². The fourth-order valence-corrected chi connectivity index (χ4v) is 5.91. The minimum absolute atomic E-state index is 0.00171. The monoisotopic (exact) mass is 611 g/mol. The van der Waals surface area contributed by atoms with Crippen LogP contribution in [0.15, 0.2) is 48.7 Å². The highest BCUT2D eigenvalue weighted by atomic mass is 16.6. The molecule has 0 radical (unpaired) electrons. The molecule has 1 aromatic heterocycles. The van der Waals surface area contributed by atoms with Crippen LogP contribution in [0.1, 0.15) is 72.5 Å². The number of fused-ring (bicyclic) bond motifs is 2. The van der Waals surface area contributed by atoms with Gasteiger partial charge in [0.05, 0.1) is 16.8 Å². The predicted octanol–water partition coefficient (Wildman–Crippen LogP) is 4.53. The topological polar surface area (TPSA) is 152 Å². The molecule has 234 valence electrons. The average Bonchev–Trinajstić information content (AvgIpc) is 3.21. The van der Waals surface area contributed by atoms with Gasteiger partial charge in [-0.1, -0.05) is 13.0 Å². The van der Waals surface area contributed by atoms with E-state index in [1.807, 2.05) is 38.1 Å². The largest absolute Gasteiger partial charge is 0.460 e. The highest BCUT2D eigenvalue weighted by Gasteiger charge is 2.44. The van der Waals surface area contributed by atoms with Gasteiger partial charge in [-0.2, -0.15) is 0 Å². The molecule has 2 aromatic carbocycles. The first-order valence-electron chi connectivity index (χ1n) is 14.8. The minimum atomic E-state index is -1.35. The van der Waals surface area contributed by atoms with E-state index < -0.39 is 35.3 Å². The van der Waals surface area contributed by atoms with Crippen molar-refractivity contribution in [3.63, 3.8) is 0 Å². The normalized spacial score (nSPS) is 16.8. The van der Waals surface area contributed by atoms with Crippen LogP contribution in [0.2, 0.25) is 0 Å². The summed E-state index contributed by atoms with van der Waals surface area (Å²) in [4.78, 5) is 72.0. The second-order valence-corrected chi connectivity index (χ2v) is 12.6. The molecule has 0 aliphatic carbocycles. The second-order valence-electron chi connectivity index (χ2n) is 12.6. The number of nitrogens with zero attached hydrogens (tertiary/aromatic N) is 3. The third kappa shape index (κ3) is 6.15. The molecule has 3 aromatic rings. The number of ether oxygens (including phenoxy) is 1. The van der Waals surface area contributed by atoms with Crippen molar-refractivity contribution in [3.8, 4) is 11.1 Å². The quantitative estimate of drug-likeness (QED) is 0.279. The van der Waals surface area contributed by atoms with Crippen LogP contribution in [-0.4, -0.2) is 58.2 Å². The molecule has 0 saturated carbocycles. The molecular weight excluding hydrogens is 574 g/mol. The van der Waals surface area contributed by atoms with Gasteiger partial charge < -0.3 is 20.7 Å². The zero-order valence-electron chi connectivity index (χ0n) is 26.3. The third-order valence-corrected chi connectivity index (χ3v) is 7.96. The predicted molar refractivity (Wildman–Crippen MR) is 169 cm³/mol. The summed E-state index contributed by atoms with van der Waals surface area (Å²) in [5.41, 5.74) is 10.3. The molecule has 3 N–H and O–H groups in total. The van der Waals surface area contributed by atoms with Crippen molar-refractivity contribution in [2.75, 3.05) is 17.3 Å². The molecule has 45 heavy (non-hydrogen) atoms. The summed E-state index contributed by atoms with van der Waals surface area (Å²) in [7, 11) is 1.73. The molecule has 2 aliphatic heterocycles. The number of esters is 1. The van der Waals surface area contributed by atoms with E-state index in [4.69, 9.17) is 10.5 Å². The average molecular weight is 612 g/mol. The lowest BCUT2D eigenvalue weighted by Crippen LogP contribution is -2.48. The lowest BCUT2D eigenvalue weighted by molar-refractivity contribution is -0.155. The number of amides is 4. The Hall–Kier alpha value is -5.06. The van der Waals surface area contributed by atoms with Crippen LogP contribution in [0.5, 0.6) is 0 Å². The van der Waals surface area contributed by atoms with Gasteiger partial charge >= 0.3 is 5.97 Å². The lowest BCUT2D eigenvalue weighted by Gasteiger charge is -2.31. The highest BCUT2D eigenvalue weighted by molar-refractivity contribution is 6.25. The number of anilines is 3. The van der Waals surface area contributed by atoms with Crippen LogP contribution in [0.4, 0.5) is 17.1 Å². The summed E-state index contributed by atoms with van der Waals surface area (Å²) in [6, 6.07) is 11.2. The van der Waals surface area contributed by atoms with E-state index in [9.17, 15) is 24.0 Å². The van der Waals surface area contributed by atoms with Crippen molar-refractivity contribution in [3.05, 3.63) is 71.0 Å². The van der Waals surface area contributed by atoms with E-state index >= 15 is 0 Å². The van der Waals surface area contributed by atoms with Gasteiger partial charge in [-0.25, -0.2) is 0 Å². The van der Waals surface area contributed by atoms with Crippen LogP contribution in [0.3, 0.4) is 0 Å². The molecule has 4 amide bonds. The Morgan fingerprint density at radius 3 is 2.47 bits per heavy atom. The molecule has 0 bridgehead atoms. The van der Waals surface area contributed by atoms with Crippen LogP contribution in [-0.2, 0) is 25.5 Å². The minimum Gasteiger partial charge on any atom is -0.460 e. The zero-order valence-corrected chi connectivity index (χ0v) is 26.3. The molecule has 11 heteroatoms. The summed E-state index contributed by atoms with van der Waals surface area (Å²) in [6.07, 6.45) is 1.91. The molecule has 2 aliphatic rings. The lowest BCUT2D eigenvalue weighted by atomic mass is 9.89.